The van der Waals surface area contributed by atoms with Gasteiger partial charge in [0.15, 0.2) is 0 Å². The summed E-state index contributed by atoms with van der Waals surface area (Å²) in [4.78, 5) is 15.8. The van der Waals surface area contributed by atoms with Crippen LogP contribution < -0.4 is 5.32 Å². The number of hydrogen-bond donors (Lipinski definition) is 2. The fourth-order valence-electron chi connectivity index (χ4n) is 2.77. The van der Waals surface area contributed by atoms with Crippen LogP contribution in [0.25, 0.3) is 10.9 Å². The first-order valence-corrected chi connectivity index (χ1v) is 7.75. The fourth-order valence-corrected chi connectivity index (χ4v) is 2.77. The monoisotopic (exact) mass is 346 g/mol. The van der Waals surface area contributed by atoms with E-state index in [1.165, 1.54) is 12.1 Å². The molecule has 0 radical (unpaired) electrons. The first-order valence-electron chi connectivity index (χ1n) is 7.75. The van der Waals surface area contributed by atoms with E-state index in [-0.39, 0.29) is 11.6 Å². The molecule has 0 aliphatic carbocycles. The largest absolute Gasteiger partial charge is 0.416 e. The van der Waals surface area contributed by atoms with Crippen molar-refractivity contribution in [1.82, 2.24) is 4.98 Å². The first kappa shape index (κ1) is 17.1. The molecule has 3 nitrogen and oxygen atoms in total. The number of alkyl halides is 3. The highest BCUT2D eigenvalue weighted by Gasteiger charge is 2.33. The van der Waals surface area contributed by atoms with E-state index in [0.717, 1.165) is 28.6 Å². The Morgan fingerprint density at radius 3 is 2.48 bits per heavy atom. The average Bonchev–Trinajstić information content (AvgIpc) is 2.99. The van der Waals surface area contributed by atoms with Gasteiger partial charge in [0.1, 0.15) is 0 Å². The van der Waals surface area contributed by atoms with Crippen LogP contribution in [0.3, 0.4) is 0 Å². The summed E-state index contributed by atoms with van der Waals surface area (Å²) in [5, 5.41) is 3.50. The zero-order valence-corrected chi connectivity index (χ0v) is 13.7. The number of rotatable bonds is 3. The highest BCUT2D eigenvalue weighted by Crippen LogP contribution is 2.33. The van der Waals surface area contributed by atoms with Crippen LogP contribution in [0, 0.1) is 0 Å². The third-order valence-corrected chi connectivity index (χ3v) is 4.28. The zero-order valence-electron chi connectivity index (χ0n) is 13.7. The van der Waals surface area contributed by atoms with Gasteiger partial charge in [0.25, 0.3) is 0 Å². The van der Waals surface area contributed by atoms with Crippen molar-refractivity contribution >= 4 is 22.5 Å². The number of nitrogens with one attached hydrogen (secondary N) is 2. The van der Waals surface area contributed by atoms with Crippen LogP contribution in [0.1, 0.15) is 25.0 Å². The van der Waals surface area contributed by atoms with Gasteiger partial charge >= 0.3 is 6.18 Å². The second-order valence-corrected chi connectivity index (χ2v) is 6.41. The Kier molecular flexibility index (Phi) is 4.06. The number of aromatic nitrogens is 1. The van der Waals surface area contributed by atoms with Crippen LogP contribution in [-0.4, -0.2) is 10.9 Å². The van der Waals surface area contributed by atoms with Gasteiger partial charge in [0.2, 0.25) is 5.91 Å². The van der Waals surface area contributed by atoms with Crippen molar-refractivity contribution in [2.24, 2.45) is 0 Å². The maximum absolute atomic E-state index is 12.8. The van der Waals surface area contributed by atoms with Crippen molar-refractivity contribution in [3.63, 3.8) is 0 Å². The van der Waals surface area contributed by atoms with E-state index in [1.807, 2.05) is 24.3 Å². The predicted octanol–water partition coefficient (Wildman–Crippen LogP) is 5.10. The van der Waals surface area contributed by atoms with Gasteiger partial charge in [-0.2, -0.15) is 13.2 Å². The van der Waals surface area contributed by atoms with Crippen molar-refractivity contribution in [2.75, 3.05) is 5.32 Å². The standard InChI is InChI=1S/C19H17F3N2O/c1-18(2,15-11-23-16-9-4-3-8-14(15)16)17(25)24-13-7-5-6-12(10-13)19(20,21)22/h3-11,23H,1-2H3,(H,24,25). The highest BCUT2D eigenvalue weighted by molar-refractivity contribution is 6.01. The van der Waals surface area contributed by atoms with Crippen LogP contribution in [0.15, 0.2) is 54.7 Å². The van der Waals surface area contributed by atoms with Crippen molar-refractivity contribution in [3.8, 4) is 0 Å². The fraction of sp³-hybridized carbons (Fsp3) is 0.211. The highest BCUT2D eigenvalue weighted by atomic mass is 19.4. The summed E-state index contributed by atoms with van der Waals surface area (Å²) < 4.78 is 38.5. The number of H-pyrrole nitrogens is 1. The predicted molar refractivity (Wildman–Crippen MR) is 91.4 cm³/mol. The molecule has 3 rings (SSSR count). The summed E-state index contributed by atoms with van der Waals surface area (Å²) in [7, 11) is 0. The number of carbonyl (C=O) groups is 1. The molecule has 0 bridgehead atoms. The van der Waals surface area contributed by atoms with Gasteiger partial charge in [-0.15, -0.1) is 0 Å². The molecule has 0 aliphatic rings. The van der Waals surface area contributed by atoms with E-state index < -0.39 is 17.2 Å². The van der Waals surface area contributed by atoms with Gasteiger partial charge < -0.3 is 10.3 Å². The molecule has 0 unspecified atom stereocenters. The Labute approximate surface area is 142 Å². The van der Waals surface area contributed by atoms with Crippen molar-refractivity contribution < 1.29 is 18.0 Å². The van der Waals surface area contributed by atoms with Crippen LogP contribution in [0.2, 0.25) is 0 Å². The lowest BCUT2D eigenvalue weighted by molar-refractivity contribution is -0.137. The average molecular weight is 346 g/mol. The van der Waals surface area contributed by atoms with Gasteiger partial charge in [-0.05, 0) is 43.7 Å². The number of benzene rings is 2. The quantitative estimate of drug-likeness (QED) is 0.681. The molecular weight excluding hydrogens is 329 g/mol. The topological polar surface area (TPSA) is 44.9 Å². The normalized spacial score (nSPS) is 12.4. The van der Waals surface area contributed by atoms with Crippen LogP contribution in [0.4, 0.5) is 18.9 Å². The van der Waals surface area contributed by atoms with Crippen molar-refractivity contribution in [3.05, 3.63) is 65.9 Å². The number of fused-ring (bicyclic) bond motifs is 1. The molecule has 0 aliphatic heterocycles. The second-order valence-electron chi connectivity index (χ2n) is 6.41. The Hall–Kier alpha value is -2.76. The summed E-state index contributed by atoms with van der Waals surface area (Å²) in [6.45, 7) is 3.48. The van der Waals surface area contributed by atoms with Gasteiger partial charge in [0.05, 0.1) is 11.0 Å². The molecule has 3 aromatic rings. The Morgan fingerprint density at radius 1 is 1.04 bits per heavy atom. The second kappa shape index (κ2) is 5.95. The molecule has 6 heteroatoms. The third-order valence-electron chi connectivity index (χ3n) is 4.28. The minimum absolute atomic E-state index is 0.118. The summed E-state index contributed by atoms with van der Waals surface area (Å²) in [6.07, 6.45) is -2.69. The summed E-state index contributed by atoms with van der Waals surface area (Å²) in [6, 6.07) is 12.2. The van der Waals surface area contributed by atoms with Crippen LogP contribution in [-0.2, 0) is 16.4 Å². The Balaban J connectivity index is 1.90. The third kappa shape index (κ3) is 3.24. The smallest absolute Gasteiger partial charge is 0.361 e. The van der Waals surface area contributed by atoms with Gasteiger partial charge in [0, 0.05) is 22.8 Å². The number of amides is 1. The van der Waals surface area contributed by atoms with Gasteiger partial charge in [-0.1, -0.05) is 24.3 Å². The van der Waals surface area contributed by atoms with E-state index in [0.29, 0.717) is 0 Å². The van der Waals surface area contributed by atoms with Gasteiger partial charge in [-0.25, -0.2) is 0 Å². The SMILES string of the molecule is CC(C)(C(=O)Nc1cccc(C(F)(F)F)c1)c1c[nH]c2ccccc12. The molecule has 2 aromatic carbocycles. The lowest BCUT2D eigenvalue weighted by Gasteiger charge is -2.23. The number of halogens is 3. The molecule has 0 saturated heterocycles. The lowest BCUT2D eigenvalue weighted by Crippen LogP contribution is -2.34. The molecular formula is C19H17F3N2O. The zero-order chi connectivity index (χ0) is 18.2. The molecule has 25 heavy (non-hydrogen) atoms. The van der Waals surface area contributed by atoms with Gasteiger partial charge in [-0.3, -0.25) is 4.79 Å². The maximum atomic E-state index is 12.8. The molecule has 0 spiro atoms. The van der Waals surface area contributed by atoms with E-state index in [4.69, 9.17) is 0 Å². The number of carbonyl (C=O) groups excluding carboxylic acids is 1. The molecule has 0 saturated carbocycles. The maximum Gasteiger partial charge on any atom is 0.416 e. The Bertz CT molecular complexity index is 926. The minimum atomic E-state index is -4.45. The van der Waals surface area contributed by atoms with E-state index >= 15 is 0 Å². The molecule has 1 heterocycles. The van der Waals surface area contributed by atoms with Crippen molar-refractivity contribution in [1.29, 1.82) is 0 Å². The number of anilines is 1. The number of aromatic amines is 1. The molecule has 2 N–H and O–H groups in total. The lowest BCUT2D eigenvalue weighted by atomic mass is 9.83. The van der Waals surface area contributed by atoms with Crippen LogP contribution in [0.5, 0.6) is 0 Å². The Morgan fingerprint density at radius 2 is 1.76 bits per heavy atom. The first-order chi connectivity index (χ1) is 11.7. The summed E-state index contributed by atoms with van der Waals surface area (Å²) in [5.74, 6) is -0.378. The number of hydrogen-bond acceptors (Lipinski definition) is 1. The van der Waals surface area contributed by atoms with E-state index in [2.05, 4.69) is 10.3 Å². The molecule has 0 fully saturated rings. The molecule has 130 valence electrons. The van der Waals surface area contributed by atoms with E-state index in [1.54, 1.807) is 20.0 Å². The molecule has 0 atom stereocenters. The molecule has 1 amide bonds. The van der Waals surface area contributed by atoms with Crippen LogP contribution >= 0.6 is 0 Å². The minimum Gasteiger partial charge on any atom is -0.361 e. The van der Waals surface area contributed by atoms with E-state index in [9.17, 15) is 18.0 Å². The van der Waals surface area contributed by atoms with Crippen molar-refractivity contribution in [2.45, 2.75) is 25.4 Å². The summed E-state index contributed by atoms with van der Waals surface area (Å²) in [5.41, 5.74) is 0.0846. The summed E-state index contributed by atoms with van der Waals surface area (Å²) >= 11 is 0. The number of para-hydroxylation sites is 1. The molecule has 1 aromatic heterocycles.